The van der Waals surface area contributed by atoms with Crippen LogP contribution in [0.1, 0.15) is 24.1 Å². The summed E-state index contributed by atoms with van der Waals surface area (Å²) >= 11 is 0. The standard InChI is InChI=1S/C16H23N3O/c1-19-15(11-12-18-19)8-7-14(17)6-3-13-4-9-16(20-2)10-5-13/h4-5,9-12,14H,3,6-8,17H2,1-2H3. The van der Waals surface area contributed by atoms with Gasteiger partial charge in [-0.2, -0.15) is 5.10 Å². The zero-order valence-corrected chi connectivity index (χ0v) is 12.2. The Balaban J connectivity index is 1.74. The normalized spacial score (nSPS) is 12.3. The molecule has 0 saturated heterocycles. The predicted octanol–water partition coefficient (Wildman–Crippen LogP) is 2.32. The van der Waals surface area contributed by atoms with Crippen LogP contribution in [-0.4, -0.2) is 22.9 Å². The second-order valence-corrected chi connectivity index (χ2v) is 5.13. The maximum atomic E-state index is 6.19. The second kappa shape index (κ2) is 7.10. The number of benzene rings is 1. The van der Waals surface area contributed by atoms with E-state index in [-0.39, 0.29) is 6.04 Å². The Hall–Kier alpha value is -1.81. The number of rotatable bonds is 7. The van der Waals surface area contributed by atoms with E-state index in [4.69, 9.17) is 10.5 Å². The maximum absolute atomic E-state index is 6.19. The summed E-state index contributed by atoms with van der Waals surface area (Å²) in [7, 11) is 3.65. The second-order valence-electron chi connectivity index (χ2n) is 5.13. The molecule has 0 spiro atoms. The summed E-state index contributed by atoms with van der Waals surface area (Å²) in [5, 5.41) is 4.17. The summed E-state index contributed by atoms with van der Waals surface area (Å²) in [6.45, 7) is 0. The van der Waals surface area contributed by atoms with Crippen LogP contribution in [-0.2, 0) is 19.9 Å². The van der Waals surface area contributed by atoms with Crippen molar-refractivity contribution in [2.24, 2.45) is 12.8 Å². The van der Waals surface area contributed by atoms with Gasteiger partial charge in [0.15, 0.2) is 0 Å². The molecule has 4 heteroatoms. The number of aromatic nitrogens is 2. The Morgan fingerprint density at radius 2 is 1.85 bits per heavy atom. The molecule has 4 nitrogen and oxygen atoms in total. The van der Waals surface area contributed by atoms with Crippen molar-refractivity contribution in [3.8, 4) is 5.75 Å². The first-order valence-corrected chi connectivity index (χ1v) is 7.04. The van der Waals surface area contributed by atoms with Gasteiger partial charge in [0.2, 0.25) is 0 Å². The number of hydrogen-bond donors (Lipinski definition) is 1. The fraction of sp³-hybridized carbons (Fsp3) is 0.438. The monoisotopic (exact) mass is 273 g/mol. The van der Waals surface area contributed by atoms with Gasteiger partial charge in [-0.25, -0.2) is 0 Å². The number of hydrogen-bond acceptors (Lipinski definition) is 3. The molecular weight excluding hydrogens is 250 g/mol. The molecule has 1 atom stereocenters. The molecule has 0 fully saturated rings. The topological polar surface area (TPSA) is 53.1 Å². The first-order valence-electron chi connectivity index (χ1n) is 7.04. The minimum absolute atomic E-state index is 0.229. The molecule has 1 aromatic carbocycles. The third-order valence-corrected chi connectivity index (χ3v) is 3.66. The van der Waals surface area contributed by atoms with E-state index in [0.717, 1.165) is 31.4 Å². The molecule has 0 saturated carbocycles. The third-order valence-electron chi connectivity index (χ3n) is 3.66. The van der Waals surface area contributed by atoms with Gasteiger partial charge in [0.25, 0.3) is 0 Å². The van der Waals surface area contributed by atoms with Crippen LogP contribution in [0.2, 0.25) is 0 Å². The SMILES string of the molecule is COc1ccc(CCC(N)CCc2ccnn2C)cc1. The molecule has 0 aliphatic heterocycles. The number of nitrogens with zero attached hydrogens (tertiary/aromatic N) is 2. The number of ether oxygens (including phenoxy) is 1. The molecule has 2 rings (SSSR count). The van der Waals surface area contributed by atoms with Crippen LogP contribution in [0.5, 0.6) is 5.75 Å². The summed E-state index contributed by atoms with van der Waals surface area (Å²) in [6.07, 6.45) is 5.83. The summed E-state index contributed by atoms with van der Waals surface area (Å²) in [5.41, 5.74) is 8.74. The van der Waals surface area contributed by atoms with E-state index in [1.54, 1.807) is 7.11 Å². The van der Waals surface area contributed by atoms with Gasteiger partial charge in [-0.15, -0.1) is 0 Å². The first kappa shape index (κ1) is 14.6. The van der Waals surface area contributed by atoms with E-state index in [0.29, 0.717) is 0 Å². The van der Waals surface area contributed by atoms with Crippen molar-refractivity contribution < 1.29 is 4.74 Å². The number of nitrogens with two attached hydrogens (primary N) is 1. The molecule has 0 aliphatic carbocycles. The molecule has 0 bridgehead atoms. The molecule has 2 N–H and O–H groups in total. The molecule has 1 aromatic heterocycles. The zero-order valence-electron chi connectivity index (χ0n) is 12.2. The fourth-order valence-electron chi connectivity index (χ4n) is 2.27. The first-order chi connectivity index (χ1) is 9.69. The Labute approximate surface area is 120 Å². The van der Waals surface area contributed by atoms with Gasteiger partial charge in [-0.1, -0.05) is 12.1 Å². The van der Waals surface area contributed by atoms with E-state index in [1.165, 1.54) is 11.3 Å². The van der Waals surface area contributed by atoms with Crippen LogP contribution in [0.15, 0.2) is 36.5 Å². The average Bonchev–Trinajstić information content (AvgIpc) is 2.89. The molecule has 1 unspecified atom stereocenters. The summed E-state index contributed by atoms with van der Waals surface area (Å²) in [5.74, 6) is 0.897. The largest absolute Gasteiger partial charge is 0.497 e. The Morgan fingerprint density at radius 1 is 1.15 bits per heavy atom. The molecule has 20 heavy (non-hydrogen) atoms. The van der Waals surface area contributed by atoms with Crippen molar-refractivity contribution in [3.05, 3.63) is 47.8 Å². The Kier molecular flexibility index (Phi) is 5.18. The average molecular weight is 273 g/mol. The van der Waals surface area contributed by atoms with Gasteiger partial charge in [0, 0.05) is 25.0 Å². The van der Waals surface area contributed by atoms with Crippen molar-refractivity contribution in [2.75, 3.05) is 7.11 Å². The van der Waals surface area contributed by atoms with Gasteiger partial charge >= 0.3 is 0 Å². The Bertz CT molecular complexity index is 519. The molecular formula is C16H23N3O. The predicted molar refractivity (Wildman–Crippen MR) is 80.8 cm³/mol. The van der Waals surface area contributed by atoms with E-state index in [1.807, 2.05) is 30.1 Å². The summed E-state index contributed by atoms with van der Waals surface area (Å²) < 4.78 is 7.07. The van der Waals surface area contributed by atoms with Gasteiger partial charge in [-0.3, -0.25) is 4.68 Å². The molecule has 0 aliphatic rings. The molecule has 0 amide bonds. The zero-order chi connectivity index (χ0) is 14.4. The van der Waals surface area contributed by atoms with Crippen LogP contribution in [0, 0.1) is 0 Å². The lowest BCUT2D eigenvalue weighted by molar-refractivity contribution is 0.414. The highest BCUT2D eigenvalue weighted by atomic mass is 16.5. The fourth-order valence-corrected chi connectivity index (χ4v) is 2.27. The molecule has 108 valence electrons. The minimum Gasteiger partial charge on any atom is -0.497 e. The number of methoxy groups -OCH3 is 1. The van der Waals surface area contributed by atoms with Crippen LogP contribution >= 0.6 is 0 Å². The van der Waals surface area contributed by atoms with Crippen molar-refractivity contribution in [1.29, 1.82) is 0 Å². The van der Waals surface area contributed by atoms with E-state index in [2.05, 4.69) is 23.3 Å². The lowest BCUT2D eigenvalue weighted by Gasteiger charge is -2.11. The summed E-state index contributed by atoms with van der Waals surface area (Å²) in [4.78, 5) is 0. The van der Waals surface area contributed by atoms with Crippen molar-refractivity contribution >= 4 is 0 Å². The van der Waals surface area contributed by atoms with E-state index in [9.17, 15) is 0 Å². The van der Waals surface area contributed by atoms with Gasteiger partial charge in [-0.05, 0) is 49.4 Å². The summed E-state index contributed by atoms with van der Waals surface area (Å²) in [6, 6.07) is 10.5. The number of aryl methyl sites for hydroxylation is 3. The smallest absolute Gasteiger partial charge is 0.118 e. The van der Waals surface area contributed by atoms with Crippen LogP contribution in [0.25, 0.3) is 0 Å². The van der Waals surface area contributed by atoms with Crippen LogP contribution in [0.3, 0.4) is 0 Å². The quantitative estimate of drug-likeness (QED) is 0.842. The highest BCUT2D eigenvalue weighted by Gasteiger charge is 2.06. The van der Waals surface area contributed by atoms with Crippen molar-refractivity contribution in [2.45, 2.75) is 31.7 Å². The van der Waals surface area contributed by atoms with Crippen LogP contribution in [0.4, 0.5) is 0 Å². The van der Waals surface area contributed by atoms with Crippen molar-refractivity contribution in [3.63, 3.8) is 0 Å². The third kappa shape index (κ3) is 4.10. The highest BCUT2D eigenvalue weighted by Crippen LogP contribution is 2.14. The molecule has 1 heterocycles. The molecule has 2 aromatic rings. The lowest BCUT2D eigenvalue weighted by Crippen LogP contribution is -2.22. The Morgan fingerprint density at radius 3 is 2.45 bits per heavy atom. The lowest BCUT2D eigenvalue weighted by atomic mass is 10.0. The highest BCUT2D eigenvalue weighted by molar-refractivity contribution is 5.27. The van der Waals surface area contributed by atoms with E-state index < -0.39 is 0 Å². The van der Waals surface area contributed by atoms with Gasteiger partial charge in [0.1, 0.15) is 5.75 Å². The molecule has 0 radical (unpaired) electrons. The van der Waals surface area contributed by atoms with E-state index >= 15 is 0 Å². The van der Waals surface area contributed by atoms with Gasteiger partial charge in [0.05, 0.1) is 7.11 Å². The van der Waals surface area contributed by atoms with Gasteiger partial charge < -0.3 is 10.5 Å². The maximum Gasteiger partial charge on any atom is 0.118 e. The minimum atomic E-state index is 0.229. The van der Waals surface area contributed by atoms with Crippen molar-refractivity contribution in [1.82, 2.24) is 9.78 Å². The van der Waals surface area contributed by atoms with Crippen LogP contribution < -0.4 is 10.5 Å².